The molecule has 0 bridgehead atoms. The van der Waals surface area contributed by atoms with Crippen molar-refractivity contribution in [3.05, 3.63) is 11.3 Å². The van der Waals surface area contributed by atoms with E-state index in [0.717, 1.165) is 0 Å². The van der Waals surface area contributed by atoms with Gasteiger partial charge in [0.2, 0.25) is 0 Å². The third-order valence-electron chi connectivity index (χ3n) is 3.90. The van der Waals surface area contributed by atoms with E-state index in [1.165, 1.54) is 21.5 Å². The molecule has 0 aliphatic carbocycles. The lowest BCUT2D eigenvalue weighted by Gasteiger charge is -2.26. The van der Waals surface area contributed by atoms with Crippen molar-refractivity contribution in [2.45, 2.75) is 38.8 Å². The number of rotatable bonds is 2. The van der Waals surface area contributed by atoms with Crippen molar-refractivity contribution in [3.8, 4) is 18.4 Å². The molecule has 2 amide bonds. The second-order valence-electron chi connectivity index (χ2n) is 6.96. The molecule has 0 saturated carbocycles. The summed E-state index contributed by atoms with van der Waals surface area (Å²) in [5.74, 6) is 2.54. The number of carbonyl (C=O) groups is 2. The molecule has 2 heterocycles. The number of aromatic nitrogens is 2. The first kappa shape index (κ1) is 19.1. The van der Waals surface area contributed by atoms with E-state index in [-0.39, 0.29) is 29.7 Å². The van der Waals surface area contributed by atoms with Crippen molar-refractivity contribution in [3.63, 3.8) is 0 Å². The maximum Gasteiger partial charge on any atom is 0.415 e. The summed E-state index contributed by atoms with van der Waals surface area (Å²) >= 11 is 0. The Bertz CT molecular complexity index is 809. The van der Waals surface area contributed by atoms with Gasteiger partial charge in [0.15, 0.2) is 11.5 Å². The molecule has 1 fully saturated rings. The van der Waals surface area contributed by atoms with Gasteiger partial charge in [-0.1, -0.05) is 0 Å². The fourth-order valence-corrected chi connectivity index (χ4v) is 2.74. The van der Waals surface area contributed by atoms with Gasteiger partial charge in [0.1, 0.15) is 17.2 Å². The first-order chi connectivity index (χ1) is 12.1. The van der Waals surface area contributed by atoms with E-state index < -0.39 is 17.8 Å². The van der Waals surface area contributed by atoms with Crippen LogP contribution in [0.2, 0.25) is 0 Å². The van der Waals surface area contributed by atoms with Gasteiger partial charge in [-0.05, 0) is 33.1 Å². The number of nitrogens with zero attached hydrogens (tertiary/aromatic N) is 5. The third kappa shape index (κ3) is 3.72. The van der Waals surface area contributed by atoms with Gasteiger partial charge in [-0.3, -0.25) is 4.90 Å². The summed E-state index contributed by atoms with van der Waals surface area (Å²) in [6.45, 7) is 5.73. The average Bonchev–Trinajstić information content (AvgIpc) is 3.16. The Hall–Kier alpha value is -3.20. The second kappa shape index (κ2) is 6.96. The van der Waals surface area contributed by atoms with Crippen LogP contribution in [0.25, 0.3) is 0 Å². The molecule has 1 aliphatic heterocycles. The molecule has 1 saturated heterocycles. The SMILES string of the molecule is C#Cc1nn([C@H]2CCN(C(=O)O)C2)c(N(C)C(=O)OC(C)(C)C)c1C#N. The summed E-state index contributed by atoms with van der Waals surface area (Å²) in [6.07, 6.45) is 4.25. The number of nitriles is 1. The quantitative estimate of drug-likeness (QED) is 0.809. The molecule has 26 heavy (non-hydrogen) atoms. The Morgan fingerprint density at radius 1 is 1.46 bits per heavy atom. The van der Waals surface area contributed by atoms with Gasteiger partial charge in [-0.25, -0.2) is 14.3 Å². The monoisotopic (exact) mass is 359 g/mol. The summed E-state index contributed by atoms with van der Waals surface area (Å²) < 4.78 is 6.81. The molecule has 0 spiro atoms. The maximum absolute atomic E-state index is 12.5. The molecule has 1 N–H and O–H groups in total. The van der Waals surface area contributed by atoms with Gasteiger partial charge >= 0.3 is 12.2 Å². The van der Waals surface area contributed by atoms with Crippen LogP contribution in [0.1, 0.15) is 44.5 Å². The van der Waals surface area contributed by atoms with Crippen LogP contribution in [0, 0.1) is 23.7 Å². The topological polar surface area (TPSA) is 112 Å². The van der Waals surface area contributed by atoms with Crippen molar-refractivity contribution in [2.75, 3.05) is 25.0 Å². The first-order valence-electron chi connectivity index (χ1n) is 8.02. The molecule has 0 aromatic carbocycles. The highest BCUT2D eigenvalue weighted by atomic mass is 16.6. The van der Waals surface area contributed by atoms with Crippen LogP contribution >= 0.6 is 0 Å². The number of anilines is 1. The van der Waals surface area contributed by atoms with E-state index in [4.69, 9.17) is 16.3 Å². The fourth-order valence-electron chi connectivity index (χ4n) is 2.74. The lowest BCUT2D eigenvalue weighted by Crippen LogP contribution is -2.36. The molecule has 138 valence electrons. The molecule has 2 rings (SSSR count). The van der Waals surface area contributed by atoms with E-state index in [1.54, 1.807) is 20.8 Å². The Morgan fingerprint density at radius 2 is 2.12 bits per heavy atom. The molecule has 9 heteroatoms. The van der Waals surface area contributed by atoms with Crippen LogP contribution in [0.15, 0.2) is 0 Å². The zero-order chi connectivity index (χ0) is 19.6. The normalized spacial score (nSPS) is 16.7. The van der Waals surface area contributed by atoms with E-state index >= 15 is 0 Å². The Kier molecular flexibility index (Phi) is 5.12. The number of ether oxygens (including phenoxy) is 1. The molecule has 1 aromatic heterocycles. The summed E-state index contributed by atoms with van der Waals surface area (Å²) in [5.41, 5.74) is -0.535. The summed E-state index contributed by atoms with van der Waals surface area (Å²) in [7, 11) is 1.46. The Balaban J connectivity index is 2.46. The van der Waals surface area contributed by atoms with Gasteiger partial charge < -0.3 is 14.7 Å². The van der Waals surface area contributed by atoms with Gasteiger partial charge in [-0.15, -0.1) is 6.42 Å². The van der Waals surface area contributed by atoms with Crippen LogP contribution in [-0.4, -0.2) is 57.7 Å². The molecule has 0 unspecified atom stereocenters. The number of amides is 2. The highest BCUT2D eigenvalue weighted by Crippen LogP contribution is 2.31. The molecular weight excluding hydrogens is 338 g/mol. The molecule has 1 aliphatic rings. The van der Waals surface area contributed by atoms with Gasteiger partial charge in [0, 0.05) is 20.1 Å². The number of hydrogen-bond donors (Lipinski definition) is 1. The van der Waals surface area contributed by atoms with Crippen LogP contribution in [0.5, 0.6) is 0 Å². The number of carbonyl (C=O) groups excluding carboxylic acids is 1. The van der Waals surface area contributed by atoms with Gasteiger partial charge in [0.25, 0.3) is 0 Å². The van der Waals surface area contributed by atoms with Crippen molar-refractivity contribution in [1.29, 1.82) is 5.26 Å². The highest BCUT2D eigenvalue weighted by molar-refractivity contribution is 5.88. The van der Waals surface area contributed by atoms with E-state index in [9.17, 15) is 14.9 Å². The fraction of sp³-hybridized carbons (Fsp3) is 0.529. The smallest absolute Gasteiger partial charge is 0.415 e. The zero-order valence-electron chi connectivity index (χ0n) is 15.2. The largest absolute Gasteiger partial charge is 0.465 e. The lowest BCUT2D eigenvalue weighted by atomic mass is 10.2. The van der Waals surface area contributed by atoms with E-state index in [2.05, 4.69) is 11.0 Å². The predicted octanol–water partition coefficient (Wildman–Crippen LogP) is 2.03. The number of carboxylic acid groups (broad SMARTS) is 1. The predicted molar refractivity (Wildman–Crippen MR) is 92.8 cm³/mol. The summed E-state index contributed by atoms with van der Waals surface area (Å²) in [6, 6.07) is 1.65. The van der Waals surface area contributed by atoms with Gasteiger partial charge in [-0.2, -0.15) is 10.4 Å². The molecule has 0 radical (unpaired) electrons. The average molecular weight is 359 g/mol. The lowest BCUT2D eigenvalue weighted by molar-refractivity contribution is 0.0586. The highest BCUT2D eigenvalue weighted by Gasteiger charge is 2.34. The maximum atomic E-state index is 12.5. The zero-order valence-corrected chi connectivity index (χ0v) is 15.2. The molecule has 9 nitrogen and oxygen atoms in total. The molecule has 1 aromatic rings. The minimum atomic E-state index is -1.03. The van der Waals surface area contributed by atoms with Crippen molar-refractivity contribution < 1.29 is 19.4 Å². The Labute approximate surface area is 151 Å². The Morgan fingerprint density at radius 3 is 2.58 bits per heavy atom. The van der Waals surface area contributed by atoms with Crippen molar-refractivity contribution >= 4 is 18.0 Å². The summed E-state index contributed by atoms with van der Waals surface area (Å²) in [4.78, 5) is 26.1. The minimum absolute atomic E-state index is 0.0784. The molecule has 1 atom stereocenters. The standard InChI is InChI=1S/C17H21N5O4/c1-6-13-12(9-18)14(20(5)16(25)26-17(2,3)4)22(19-13)11-7-8-21(10-11)15(23)24/h1,11H,7-8,10H2,2-5H3,(H,23,24)/t11-/m0/s1. The second-order valence-corrected chi connectivity index (χ2v) is 6.96. The third-order valence-corrected chi connectivity index (χ3v) is 3.90. The minimum Gasteiger partial charge on any atom is -0.465 e. The van der Waals surface area contributed by atoms with Crippen LogP contribution in [0.4, 0.5) is 15.4 Å². The van der Waals surface area contributed by atoms with E-state index in [0.29, 0.717) is 13.0 Å². The van der Waals surface area contributed by atoms with E-state index in [1.807, 2.05) is 6.07 Å². The number of hydrogen-bond acceptors (Lipinski definition) is 5. The first-order valence-corrected chi connectivity index (χ1v) is 8.02. The van der Waals surface area contributed by atoms with Crippen molar-refractivity contribution in [2.24, 2.45) is 0 Å². The number of terminal acetylenes is 1. The van der Waals surface area contributed by atoms with Crippen LogP contribution < -0.4 is 4.90 Å². The van der Waals surface area contributed by atoms with Crippen LogP contribution in [0.3, 0.4) is 0 Å². The molecular formula is C17H21N5O4. The number of likely N-dealkylation sites (tertiary alicyclic amines) is 1. The van der Waals surface area contributed by atoms with Crippen molar-refractivity contribution in [1.82, 2.24) is 14.7 Å². The van der Waals surface area contributed by atoms with Gasteiger partial charge in [0.05, 0.1) is 6.04 Å². The van der Waals surface area contributed by atoms with Crippen LogP contribution in [-0.2, 0) is 4.74 Å². The summed E-state index contributed by atoms with van der Waals surface area (Å²) in [5, 5.41) is 22.9.